The normalized spacial score (nSPS) is 10.3. The standard InChI is InChI=1S/C17H20O2/c1-12-10-16(18-4)13(2)14(3)17(12)19-11-15-8-6-5-7-9-15/h5-10H,11H2,1-4H3. The summed E-state index contributed by atoms with van der Waals surface area (Å²) in [6, 6.07) is 12.2. The van der Waals surface area contributed by atoms with Gasteiger partial charge in [-0.1, -0.05) is 30.3 Å². The molecule has 100 valence electrons. The van der Waals surface area contributed by atoms with Gasteiger partial charge in [-0.25, -0.2) is 0 Å². The van der Waals surface area contributed by atoms with Crippen LogP contribution in [-0.4, -0.2) is 7.11 Å². The molecule has 0 atom stereocenters. The highest BCUT2D eigenvalue weighted by Gasteiger charge is 2.11. The molecule has 0 amide bonds. The summed E-state index contributed by atoms with van der Waals surface area (Å²) in [7, 11) is 1.70. The van der Waals surface area contributed by atoms with Gasteiger partial charge < -0.3 is 9.47 Å². The number of methoxy groups -OCH3 is 1. The van der Waals surface area contributed by atoms with Crippen molar-refractivity contribution in [1.29, 1.82) is 0 Å². The Morgan fingerprint density at radius 1 is 0.947 bits per heavy atom. The first-order valence-electron chi connectivity index (χ1n) is 6.45. The van der Waals surface area contributed by atoms with Crippen LogP contribution in [0.5, 0.6) is 11.5 Å². The molecular formula is C17H20O2. The van der Waals surface area contributed by atoms with Crippen molar-refractivity contribution < 1.29 is 9.47 Å². The number of benzene rings is 2. The van der Waals surface area contributed by atoms with E-state index in [4.69, 9.17) is 9.47 Å². The van der Waals surface area contributed by atoms with Crippen LogP contribution in [0.25, 0.3) is 0 Å². The molecule has 0 saturated carbocycles. The van der Waals surface area contributed by atoms with Crippen molar-refractivity contribution in [1.82, 2.24) is 0 Å². The van der Waals surface area contributed by atoms with Crippen LogP contribution in [0.3, 0.4) is 0 Å². The van der Waals surface area contributed by atoms with E-state index in [1.54, 1.807) is 7.11 Å². The van der Waals surface area contributed by atoms with Gasteiger partial charge in [-0.2, -0.15) is 0 Å². The van der Waals surface area contributed by atoms with Gasteiger partial charge in [0.05, 0.1) is 7.11 Å². The first-order chi connectivity index (χ1) is 9.13. The van der Waals surface area contributed by atoms with Crippen LogP contribution in [0, 0.1) is 20.8 Å². The number of aryl methyl sites for hydroxylation is 1. The molecule has 2 heteroatoms. The molecule has 0 aliphatic rings. The second-order valence-corrected chi connectivity index (χ2v) is 4.75. The Kier molecular flexibility index (Phi) is 4.10. The van der Waals surface area contributed by atoms with E-state index in [-0.39, 0.29) is 0 Å². The lowest BCUT2D eigenvalue weighted by Crippen LogP contribution is -2.01. The zero-order valence-electron chi connectivity index (χ0n) is 12.0. The van der Waals surface area contributed by atoms with Gasteiger partial charge in [0.1, 0.15) is 18.1 Å². The highest BCUT2D eigenvalue weighted by molar-refractivity contribution is 5.52. The lowest BCUT2D eigenvalue weighted by molar-refractivity contribution is 0.300. The second kappa shape index (κ2) is 5.79. The van der Waals surface area contributed by atoms with E-state index in [1.165, 1.54) is 5.56 Å². The highest BCUT2D eigenvalue weighted by atomic mass is 16.5. The van der Waals surface area contributed by atoms with Crippen LogP contribution >= 0.6 is 0 Å². The molecule has 0 heterocycles. The summed E-state index contributed by atoms with van der Waals surface area (Å²) in [5.74, 6) is 1.88. The van der Waals surface area contributed by atoms with Crippen molar-refractivity contribution in [3.63, 3.8) is 0 Å². The minimum Gasteiger partial charge on any atom is -0.496 e. The summed E-state index contributed by atoms with van der Waals surface area (Å²) in [6.45, 7) is 6.78. The molecule has 0 fully saturated rings. The third-order valence-electron chi connectivity index (χ3n) is 3.42. The van der Waals surface area contributed by atoms with Crippen molar-refractivity contribution >= 4 is 0 Å². The predicted molar refractivity (Wildman–Crippen MR) is 78.0 cm³/mol. The van der Waals surface area contributed by atoms with Crippen molar-refractivity contribution in [3.8, 4) is 11.5 Å². The Balaban J connectivity index is 2.24. The van der Waals surface area contributed by atoms with Gasteiger partial charge >= 0.3 is 0 Å². The minimum atomic E-state index is 0.592. The summed E-state index contributed by atoms with van der Waals surface area (Å²) < 4.78 is 11.3. The predicted octanol–water partition coefficient (Wildman–Crippen LogP) is 4.20. The van der Waals surface area contributed by atoms with Crippen LogP contribution in [0.4, 0.5) is 0 Å². The van der Waals surface area contributed by atoms with Gasteiger partial charge in [-0.05, 0) is 49.1 Å². The number of hydrogen-bond acceptors (Lipinski definition) is 2. The fourth-order valence-electron chi connectivity index (χ4n) is 2.19. The second-order valence-electron chi connectivity index (χ2n) is 4.75. The molecule has 0 saturated heterocycles. The van der Waals surface area contributed by atoms with Gasteiger partial charge in [0, 0.05) is 0 Å². The van der Waals surface area contributed by atoms with E-state index in [0.29, 0.717) is 6.61 Å². The van der Waals surface area contributed by atoms with E-state index in [2.05, 4.69) is 32.9 Å². The summed E-state index contributed by atoms with van der Waals surface area (Å²) in [5, 5.41) is 0. The molecule has 0 aliphatic carbocycles. The van der Waals surface area contributed by atoms with E-state index in [0.717, 1.165) is 28.2 Å². The molecule has 19 heavy (non-hydrogen) atoms. The molecule has 0 aromatic heterocycles. The van der Waals surface area contributed by atoms with Gasteiger partial charge in [0.25, 0.3) is 0 Å². The van der Waals surface area contributed by atoms with E-state index >= 15 is 0 Å². The molecule has 0 spiro atoms. The van der Waals surface area contributed by atoms with Gasteiger partial charge in [-0.15, -0.1) is 0 Å². The molecule has 0 radical (unpaired) electrons. The summed E-state index contributed by atoms with van der Waals surface area (Å²) in [6.07, 6.45) is 0. The van der Waals surface area contributed by atoms with Gasteiger partial charge in [0.15, 0.2) is 0 Å². The lowest BCUT2D eigenvalue weighted by Gasteiger charge is -2.16. The first kappa shape index (κ1) is 13.5. The average Bonchev–Trinajstić information content (AvgIpc) is 2.44. The molecule has 0 bridgehead atoms. The Bertz CT molecular complexity index is 559. The molecule has 2 aromatic carbocycles. The van der Waals surface area contributed by atoms with Gasteiger partial charge in [0.2, 0.25) is 0 Å². The van der Waals surface area contributed by atoms with E-state index in [1.807, 2.05) is 24.3 Å². The monoisotopic (exact) mass is 256 g/mol. The first-order valence-corrected chi connectivity index (χ1v) is 6.45. The number of rotatable bonds is 4. The van der Waals surface area contributed by atoms with E-state index < -0.39 is 0 Å². The molecule has 2 rings (SSSR count). The zero-order chi connectivity index (χ0) is 13.8. The zero-order valence-corrected chi connectivity index (χ0v) is 12.0. The third kappa shape index (κ3) is 2.90. The molecular weight excluding hydrogens is 236 g/mol. The van der Waals surface area contributed by atoms with Crippen LogP contribution in [0.15, 0.2) is 36.4 Å². The molecule has 2 nitrogen and oxygen atoms in total. The van der Waals surface area contributed by atoms with Crippen molar-refractivity contribution in [3.05, 3.63) is 58.7 Å². The molecule has 0 unspecified atom stereocenters. The fourth-order valence-corrected chi connectivity index (χ4v) is 2.19. The van der Waals surface area contributed by atoms with Crippen LogP contribution in [-0.2, 0) is 6.61 Å². The Morgan fingerprint density at radius 2 is 1.63 bits per heavy atom. The summed E-state index contributed by atoms with van der Waals surface area (Å²) in [5.41, 5.74) is 4.56. The number of ether oxygens (including phenoxy) is 2. The maximum Gasteiger partial charge on any atom is 0.126 e. The Morgan fingerprint density at radius 3 is 2.26 bits per heavy atom. The third-order valence-corrected chi connectivity index (χ3v) is 3.42. The fraction of sp³-hybridized carbons (Fsp3) is 0.294. The topological polar surface area (TPSA) is 18.5 Å². The maximum atomic E-state index is 5.98. The molecule has 0 aliphatic heterocycles. The van der Waals surface area contributed by atoms with E-state index in [9.17, 15) is 0 Å². The quantitative estimate of drug-likeness (QED) is 0.816. The SMILES string of the molecule is COc1cc(C)c(OCc2ccccc2)c(C)c1C. The number of hydrogen-bond donors (Lipinski definition) is 0. The molecule has 0 N–H and O–H groups in total. The largest absolute Gasteiger partial charge is 0.496 e. The van der Waals surface area contributed by atoms with Crippen molar-refractivity contribution in [2.24, 2.45) is 0 Å². The van der Waals surface area contributed by atoms with Crippen molar-refractivity contribution in [2.45, 2.75) is 27.4 Å². The lowest BCUT2D eigenvalue weighted by atomic mass is 10.0. The van der Waals surface area contributed by atoms with Crippen LogP contribution in [0.1, 0.15) is 22.3 Å². The molecule has 2 aromatic rings. The summed E-state index contributed by atoms with van der Waals surface area (Å²) >= 11 is 0. The van der Waals surface area contributed by atoms with Crippen molar-refractivity contribution in [2.75, 3.05) is 7.11 Å². The van der Waals surface area contributed by atoms with Gasteiger partial charge in [-0.3, -0.25) is 0 Å². The van der Waals surface area contributed by atoms with Crippen LogP contribution < -0.4 is 9.47 Å². The summed E-state index contributed by atoms with van der Waals surface area (Å²) in [4.78, 5) is 0. The Labute approximate surface area is 115 Å². The average molecular weight is 256 g/mol. The van der Waals surface area contributed by atoms with Crippen LogP contribution in [0.2, 0.25) is 0 Å². The Hall–Kier alpha value is -1.96. The smallest absolute Gasteiger partial charge is 0.126 e. The minimum absolute atomic E-state index is 0.592. The highest BCUT2D eigenvalue weighted by Crippen LogP contribution is 2.33. The maximum absolute atomic E-state index is 5.98.